The van der Waals surface area contributed by atoms with E-state index in [1.54, 1.807) is 12.1 Å². The van der Waals surface area contributed by atoms with Crippen molar-refractivity contribution in [1.29, 1.82) is 0 Å². The quantitative estimate of drug-likeness (QED) is 0.582. The van der Waals surface area contributed by atoms with Crippen molar-refractivity contribution < 1.29 is 10.2 Å². The van der Waals surface area contributed by atoms with Crippen LogP contribution in [0.5, 0.6) is 11.5 Å². The molecule has 0 aliphatic heterocycles. The maximum atomic E-state index is 10.3. The van der Waals surface area contributed by atoms with Gasteiger partial charge in [-0.15, -0.1) is 0 Å². The third kappa shape index (κ3) is 1.58. The molecule has 3 aromatic rings. The minimum Gasteiger partial charge on any atom is -0.507 e. The van der Waals surface area contributed by atoms with Crippen LogP contribution in [0, 0.1) is 27.7 Å². The number of fused-ring (bicyclic) bond motifs is 3. The van der Waals surface area contributed by atoms with Crippen LogP contribution in [0.3, 0.4) is 0 Å². The lowest BCUT2D eigenvalue weighted by molar-refractivity contribution is 0.476. The molecule has 3 aromatic carbocycles. The molecule has 0 heterocycles. The zero-order valence-corrected chi connectivity index (χ0v) is 12.2. The summed E-state index contributed by atoms with van der Waals surface area (Å²) in [5, 5.41) is 24.2. The van der Waals surface area contributed by atoms with Crippen molar-refractivity contribution in [2.45, 2.75) is 27.7 Å². The molecule has 0 atom stereocenters. The Hall–Kier alpha value is -2.22. The van der Waals surface area contributed by atoms with Crippen LogP contribution in [0.1, 0.15) is 22.3 Å². The number of phenolic OH excluding ortho intramolecular Hbond substituents is 2. The third-order valence-corrected chi connectivity index (χ3v) is 4.42. The number of aromatic hydroxyl groups is 2. The van der Waals surface area contributed by atoms with E-state index >= 15 is 0 Å². The SMILES string of the molecule is Cc1cc(O)c2c(ccc3c(C)c(C)cc(O)c32)c1C. The van der Waals surface area contributed by atoms with Gasteiger partial charge in [-0.2, -0.15) is 0 Å². The lowest BCUT2D eigenvalue weighted by Crippen LogP contribution is -1.90. The van der Waals surface area contributed by atoms with Crippen LogP contribution in [0.2, 0.25) is 0 Å². The van der Waals surface area contributed by atoms with Gasteiger partial charge >= 0.3 is 0 Å². The lowest BCUT2D eigenvalue weighted by Gasteiger charge is -2.14. The molecule has 0 aliphatic carbocycles. The average molecular weight is 266 g/mol. The first-order valence-electron chi connectivity index (χ1n) is 6.76. The van der Waals surface area contributed by atoms with Crippen LogP contribution in [0.4, 0.5) is 0 Å². The summed E-state index contributed by atoms with van der Waals surface area (Å²) in [6.07, 6.45) is 0. The number of rotatable bonds is 0. The fraction of sp³-hybridized carbons (Fsp3) is 0.222. The standard InChI is InChI=1S/C18H18O2/c1-9-7-15(19)17-13(11(9)3)5-6-14-12(4)10(2)8-16(20)18(14)17/h5-8,19-20H,1-4H3. The fourth-order valence-corrected chi connectivity index (χ4v) is 2.96. The number of hydrogen-bond acceptors (Lipinski definition) is 2. The van der Waals surface area contributed by atoms with Gasteiger partial charge in [0.15, 0.2) is 0 Å². The topological polar surface area (TPSA) is 40.5 Å². The molecule has 0 spiro atoms. The summed E-state index contributed by atoms with van der Waals surface area (Å²) < 4.78 is 0. The van der Waals surface area contributed by atoms with Gasteiger partial charge in [0.25, 0.3) is 0 Å². The molecular weight excluding hydrogens is 248 g/mol. The Morgan fingerprint density at radius 3 is 1.35 bits per heavy atom. The van der Waals surface area contributed by atoms with Crippen molar-refractivity contribution in [2.24, 2.45) is 0 Å². The molecule has 0 fully saturated rings. The highest BCUT2D eigenvalue weighted by molar-refractivity contribution is 6.15. The monoisotopic (exact) mass is 266 g/mol. The van der Waals surface area contributed by atoms with E-state index in [4.69, 9.17) is 0 Å². The van der Waals surface area contributed by atoms with Gasteiger partial charge in [-0.05, 0) is 72.9 Å². The van der Waals surface area contributed by atoms with Crippen LogP contribution < -0.4 is 0 Å². The van der Waals surface area contributed by atoms with Crippen LogP contribution in [-0.4, -0.2) is 10.2 Å². The zero-order chi connectivity index (χ0) is 14.6. The lowest BCUT2D eigenvalue weighted by atomic mass is 9.92. The molecule has 2 N–H and O–H groups in total. The van der Waals surface area contributed by atoms with Gasteiger partial charge in [-0.3, -0.25) is 0 Å². The van der Waals surface area contributed by atoms with E-state index in [9.17, 15) is 10.2 Å². The van der Waals surface area contributed by atoms with E-state index in [1.807, 2.05) is 39.8 Å². The molecule has 0 amide bonds. The number of aryl methyl sites for hydroxylation is 4. The second-order valence-corrected chi connectivity index (χ2v) is 5.59. The van der Waals surface area contributed by atoms with Gasteiger partial charge in [-0.25, -0.2) is 0 Å². The smallest absolute Gasteiger partial charge is 0.124 e. The minimum absolute atomic E-state index is 0.229. The van der Waals surface area contributed by atoms with Gasteiger partial charge < -0.3 is 10.2 Å². The minimum atomic E-state index is 0.229. The largest absolute Gasteiger partial charge is 0.507 e. The van der Waals surface area contributed by atoms with Crippen molar-refractivity contribution in [3.63, 3.8) is 0 Å². The number of phenols is 2. The van der Waals surface area contributed by atoms with Crippen molar-refractivity contribution in [1.82, 2.24) is 0 Å². The summed E-state index contributed by atoms with van der Waals surface area (Å²) in [4.78, 5) is 0. The third-order valence-electron chi connectivity index (χ3n) is 4.42. The van der Waals surface area contributed by atoms with Gasteiger partial charge in [0.2, 0.25) is 0 Å². The number of hydrogen-bond donors (Lipinski definition) is 2. The van der Waals surface area contributed by atoms with Crippen LogP contribution >= 0.6 is 0 Å². The van der Waals surface area contributed by atoms with E-state index in [0.717, 1.165) is 43.8 Å². The maximum absolute atomic E-state index is 10.3. The maximum Gasteiger partial charge on any atom is 0.124 e. The second kappa shape index (κ2) is 4.14. The van der Waals surface area contributed by atoms with Crippen molar-refractivity contribution in [3.8, 4) is 11.5 Å². The Kier molecular flexibility index (Phi) is 2.65. The molecule has 0 saturated heterocycles. The Labute approximate surface area is 118 Å². The van der Waals surface area contributed by atoms with E-state index in [0.29, 0.717) is 0 Å². The van der Waals surface area contributed by atoms with Crippen LogP contribution in [-0.2, 0) is 0 Å². The van der Waals surface area contributed by atoms with Crippen molar-refractivity contribution in [2.75, 3.05) is 0 Å². The molecule has 0 aromatic heterocycles. The molecule has 2 nitrogen and oxygen atoms in total. The zero-order valence-electron chi connectivity index (χ0n) is 12.2. The fourth-order valence-electron chi connectivity index (χ4n) is 2.96. The Bertz CT molecular complexity index is 788. The molecule has 102 valence electrons. The first kappa shape index (κ1) is 12.8. The highest BCUT2D eigenvalue weighted by Gasteiger charge is 2.14. The molecule has 0 saturated carbocycles. The van der Waals surface area contributed by atoms with Crippen molar-refractivity contribution >= 4 is 21.5 Å². The van der Waals surface area contributed by atoms with Crippen LogP contribution in [0.15, 0.2) is 24.3 Å². The van der Waals surface area contributed by atoms with Crippen LogP contribution in [0.25, 0.3) is 21.5 Å². The first-order chi connectivity index (χ1) is 9.41. The van der Waals surface area contributed by atoms with E-state index in [-0.39, 0.29) is 11.5 Å². The summed E-state index contributed by atoms with van der Waals surface area (Å²) in [5.74, 6) is 0.458. The Morgan fingerprint density at radius 1 is 0.650 bits per heavy atom. The molecule has 2 heteroatoms. The molecule has 20 heavy (non-hydrogen) atoms. The summed E-state index contributed by atoms with van der Waals surface area (Å²) >= 11 is 0. The van der Waals surface area contributed by atoms with Gasteiger partial charge in [0.05, 0.1) is 0 Å². The normalized spacial score (nSPS) is 11.4. The summed E-state index contributed by atoms with van der Waals surface area (Å²) in [6.45, 7) is 8.06. The Morgan fingerprint density at radius 2 is 1.00 bits per heavy atom. The molecule has 3 rings (SSSR count). The van der Waals surface area contributed by atoms with Gasteiger partial charge in [0, 0.05) is 10.8 Å². The van der Waals surface area contributed by atoms with Crippen molar-refractivity contribution in [3.05, 3.63) is 46.5 Å². The Balaban J connectivity index is 2.67. The van der Waals surface area contributed by atoms with E-state index in [2.05, 4.69) is 0 Å². The molecule has 0 bridgehead atoms. The predicted molar refractivity (Wildman–Crippen MR) is 83.7 cm³/mol. The molecular formula is C18H18O2. The second-order valence-electron chi connectivity index (χ2n) is 5.59. The van der Waals surface area contributed by atoms with Gasteiger partial charge in [0.1, 0.15) is 11.5 Å². The first-order valence-corrected chi connectivity index (χ1v) is 6.76. The molecule has 0 unspecified atom stereocenters. The highest BCUT2D eigenvalue weighted by Crippen LogP contribution is 2.41. The van der Waals surface area contributed by atoms with Gasteiger partial charge in [-0.1, -0.05) is 12.1 Å². The average Bonchev–Trinajstić information content (AvgIpc) is 2.41. The van der Waals surface area contributed by atoms with E-state index in [1.165, 1.54) is 0 Å². The van der Waals surface area contributed by atoms with E-state index < -0.39 is 0 Å². The number of benzene rings is 3. The molecule has 0 aliphatic rings. The predicted octanol–water partition coefficient (Wildman–Crippen LogP) is 4.64. The summed E-state index contributed by atoms with van der Waals surface area (Å²) in [5.41, 5.74) is 4.38. The summed E-state index contributed by atoms with van der Waals surface area (Å²) in [6, 6.07) is 7.61. The highest BCUT2D eigenvalue weighted by atomic mass is 16.3. The summed E-state index contributed by atoms with van der Waals surface area (Å²) in [7, 11) is 0. The molecule has 0 radical (unpaired) electrons.